The Bertz CT molecular complexity index is 685. The van der Waals surface area contributed by atoms with Gasteiger partial charge < -0.3 is 15.1 Å². The van der Waals surface area contributed by atoms with Crippen LogP contribution >= 0.6 is 11.3 Å². The maximum Gasteiger partial charge on any atom is 0.243 e. The number of nitrogens with one attached hydrogen (secondary N) is 1. The Morgan fingerprint density at radius 3 is 2.62 bits per heavy atom. The van der Waals surface area contributed by atoms with Crippen LogP contribution in [-0.2, 0) is 17.6 Å². The van der Waals surface area contributed by atoms with Crippen molar-refractivity contribution in [1.82, 2.24) is 20.1 Å². The molecule has 1 N–H and O–H groups in total. The van der Waals surface area contributed by atoms with Crippen LogP contribution in [0.25, 0.3) is 0 Å². The van der Waals surface area contributed by atoms with Crippen molar-refractivity contribution in [3.63, 3.8) is 0 Å². The van der Waals surface area contributed by atoms with Crippen LogP contribution in [0.5, 0.6) is 0 Å². The largest absolute Gasteiger partial charge is 0.356 e. The number of hydrogen-bond donors (Lipinski definition) is 1. The summed E-state index contributed by atoms with van der Waals surface area (Å²) < 4.78 is 0. The number of likely N-dealkylation sites (N-methyl/N-ethyl adjacent to an activating group) is 2. The molecule has 0 bridgehead atoms. The van der Waals surface area contributed by atoms with Crippen LogP contribution in [0.3, 0.4) is 0 Å². The van der Waals surface area contributed by atoms with Gasteiger partial charge in [-0.3, -0.25) is 4.79 Å². The Hall–Kier alpha value is -2.41. The SMILES string of the molecule is CN(C)C(=O)CN=C(NCCc1ccccc1)N(C)CCc1nccs1. The zero-order chi connectivity index (χ0) is 18.8. The van der Waals surface area contributed by atoms with E-state index in [4.69, 9.17) is 0 Å². The van der Waals surface area contributed by atoms with Crippen LogP contribution < -0.4 is 5.32 Å². The molecule has 0 spiro atoms. The third kappa shape index (κ3) is 6.84. The van der Waals surface area contributed by atoms with Crippen molar-refractivity contribution in [2.75, 3.05) is 40.8 Å². The van der Waals surface area contributed by atoms with Crippen molar-refractivity contribution in [3.8, 4) is 0 Å². The molecule has 7 heteroatoms. The first kappa shape index (κ1) is 19.9. The molecular formula is C19H27N5OS. The van der Waals surface area contributed by atoms with Gasteiger partial charge in [0.05, 0.1) is 5.01 Å². The van der Waals surface area contributed by atoms with E-state index in [-0.39, 0.29) is 12.5 Å². The second-order valence-electron chi connectivity index (χ2n) is 6.19. The minimum Gasteiger partial charge on any atom is -0.356 e. The first-order valence-corrected chi connectivity index (χ1v) is 9.56. The summed E-state index contributed by atoms with van der Waals surface area (Å²) in [6, 6.07) is 10.3. The Kier molecular flexibility index (Phi) is 8.08. The zero-order valence-electron chi connectivity index (χ0n) is 15.7. The fourth-order valence-electron chi connectivity index (χ4n) is 2.30. The molecule has 6 nitrogen and oxygen atoms in total. The normalized spacial score (nSPS) is 11.3. The molecule has 0 unspecified atom stereocenters. The molecule has 0 atom stereocenters. The number of amides is 1. The number of hydrogen-bond acceptors (Lipinski definition) is 4. The molecule has 2 rings (SSSR count). The van der Waals surface area contributed by atoms with Crippen LogP contribution in [0.15, 0.2) is 46.9 Å². The van der Waals surface area contributed by atoms with E-state index >= 15 is 0 Å². The molecule has 2 aromatic rings. The lowest BCUT2D eigenvalue weighted by atomic mass is 10.1. The average molecular weight is 374 g/mol. The summed E-state index contributed by atoms with van der Waals surface area (Å²) >= 11 is 1.66. The Morgan fingerprint density at radius 2 is 1.96 bits per heavy atom. The molecule has 1 aromatic carbocycles. The molecule has 0 aliphatic rings. The lowest BCUT2D eigenvalue weighted by Gasteiger charge is -2.22. The summed E-state index contributed by atoms with van der Waals surface area (Å²) in [7, 11) is 5.47. The van der Waals surface area contributed by atoms with Crippen LogP contribution in [0.1, 0.15) is 10.6 Å². The quantitative estimate of drug-likeness (QED) is 0.567. The predicted molar refractivity (Wildman–Crippen MR) is 108 cm³/mol. The minimum atomic E-state index is -0.0133. The van der Waals surface area contributed by atoms with Gasteiger partial charge in [0.2, 0.25) is 5.91 Å². The molecular weight excluding hydrogens is 346 g/mol. The van der Waals surface area contributed by atoms with Gasteiger partial charge in [-0.2, -0.15) is 0 Å². The minimum absolute atomic E-state index is 0.0133. The van der Waals surface area contributed by atoms with Gasteiger partial charge in [0.15, 0.2) is 5.96 Å². The Balaban J connectivity index is 1.93. The molecule has 1 heterocycles. The number of guanidine groups is 1. The standard InChI is InChI=1S/C19H27N5OS/c1-23(2)18(25)15-22-19(21-11-9-16-7-5-4-6-8-16)24(3)13-10-17-20-12-14-26-17/h4-8,12,14H,9-11,13,15H2,1-3H3,(H,21,22). The molecule has 0 saturated heterocycles. The fraction of sp³-hybridized carbons (Fsp3) is 0.421. The Morgan fingerprint density at radius 1 is 1.19 bits per heavy atom. The summed E-state index contributed by atoms with van der Waals surface area (Å²) in [4.78, 5) is 24.3. The van der Waals surface area contributed by atoms with Gasteiger partial charge in [-0.1, -0.05) is 30.3 Å². The molecule has 26 heavy (non-hydrogen) atoms. The van der Waals surface area contributed by atoms with Crippen molar-refractivity contribution in [3.05, 3.63) is 52.5 Å². The molecule has 140 valence electrons. The van der Waals surface area contributed by atoms with E-state index in [1.807, 2.05) is 36.8 Å². The van der Waals surface area contributed by atoms with E-state index in [2.05, 4.69) is 32.3 Å². The van der Waals surface area contributed by atoms with Crippen LogP contribution in [0.2, 0.25) is 0 Å². The third-order valence-electron chi connectivity index (χ3n) is 3.91. The number of carbonyl (C=O) groups is 1. The van der Waals surface area contributed by atoms with E-state index in [1.165, 1.54) is 5.56 Å². The highest BCUT2D eigenvalue weighted by molar-refractivity contribution is 7.09. The summed E-state index contributed by atoms with van der Waals surface area (Å²) in [6.45, 7) is 1.70. The van der Waals surface area contributed by atoms with Crippen LogP contribution in [-0.4, -0.2) is 67.4 Å². The fourth-order valence-corrected chi connectivity index (χ4v) is 2.91. The van der Waals surface area contributed by atoms with E-state index in [9.17, 15) is 4.79 Å². The maximum atomic E-state index is 11.9. The highest BCUT2D eigenvalue weighted by Gasteiger charge is 2.10. The number of aromatic nitrogens is 1. The van der Waals surface area contributed by atoms with Gasteiger partial charge in [-0.05, 0) is 12.0 Å². The monoisotopic (exact) mass is 373 g/mol. The van der Waals surface area contributed by atoms with Crippen molar-refractivity contribution >= 4 is 23.2 Å². The van der Waals surface area contributed by atoms with E-state index in [0.717, 1.165) is 36.9 Å². The zero-order valence-corrected chi connectivity index (χ0v) is 16.5. The number of aliphatic imine (C=N–C) groups is 1. The summed E-state index contributed by atoms with van der Waals surface area (Å²) in [6.07, 6.45) is 3.58. The van der Waals surface area contributed by atoms with Crippen LogP contribution in [0.4, 0.5) is 0 Å². The summed E-state index contributed by atoms with van der Waals surface area (Å²) in [5.74, 6) is 0.730. The second-order valence-corrected chi connectivity index (χ2v) is 7.17. The van der Waals surface area contributed by atoms with Gasteiger partial charge in [0.25, 0.3) is 0 Å². The molecule has 0 radical (unpaired) electrons. The molecule has 0 saturated carbocycles. The number of carbonyl (C=O) groups excluding carboxylic acids is 1. The molecule has 1 aromatic heterocycles. The average Bonchev–Trinajstić information content (AvgIpc) is 3.16. The third-order valence-corrected chi connectivity index (χ3v) is 4.75. The highest BCUT2D eigenvalue weighted by atomic mass is 32.1. The van der Waals surface area contributed by atoms with Gasteiger partial charge in [-0.15, -0.1) is 11.3 Å². The van der Waals surface area contributed by atoms with Crippen molar-refractivity contribution in [2.24, 2.45) is 4.99 Å². The van der Waals surface area contributed by atoms with E-state index < -0.39 is 0 Å². The number of nitrogens with zero attached hydrogens (tertiary/aromatic N) is 4. The van der Waals surface area contributed by atoms with Crippen LogP contribution in [0, 0.1) is 0 Å². The summed E-state index contributed by atoms with van der Waals surface area (Å²) in [5, 5.41) is 6.47. The molecule has 0 aliphatic heterocycles. The van der Waals surface area contributed by atoms with E-state index in [0.29, 0.717) is 0 Å². The van der Waals surface area contributed by atoms with Crippen molar-refractivity contribution in [2.45, 2.75) is 12.8 Å². The number of benzene rings is 1. The van der Waals surface area contributed by atoms with Crippen molar-refractivity contribution in [1.29, 1.82) is 0 Å². The Labute approximate surface area is 159 Å². The lowest BCUT2D eigenvalue weighted by molar-refractivity contribution is -0.127. The maximum absolute atomic E-state index is 11.9. The van der Waals surface area contributed by atoms with Gasteiger partial charge >= 0.3 is 0 Å². The lowest BCUT2D eigenvalue weighted by Crippen LogP contribution is -2.41. The summed E-state index contributed by atoms with van der Waals surface area (Å²) in [5.41, 5.74) is 1.27. The molecule has 1 amide bonds. The van der Waals surface area contributed by atoms with Gasteiger partial charge in [0, 0.05) is 52.2 Å². The number of thiazole rings is 1. The molecule has 0 aliphatic carbocycles. The first-order chi connectivity index (χ1) is 12.6. The van der Waals surface area contributed by atoms with Gasteiger partial charge in [-0.25, -0.2) is 9.98 Å². The topological polar surface area (TPSA) is 60.8 Å². The van der Waals surface area contributed by atoms with Crippen molar-refractivity contribution < 1.29 is 4.79 Å². The highest BCUT2D eigenvalue weighted by Crippen LogP contribution is 2.05. The molecule has 0 fully saturated rings. The first-order valence-electron chi connectivity index (χ1n) is 8.68. The van der Waals surface area contributed by atoms with E-state index in [1.54, 1.807) is 30.3 Å². The smallest absolute Gasteiger partial charge is 0.243 e. The second kappa shape index (κ2) is 10.6. The number of rotatable bonds is 8. The predicted octanol–water partition coefficient (Wildman–Crippen LogP) is 1.89. The van der Waals surface area contributed by atoms with Gasteiger partial charge in [0.1, 0.15) is 6.54 Å².